The molecule has 0 fully saturated rings. The number of ether oxygens (including phenoxy) is 1. The predicted octanol–water partition coefficient (Wildman–Crippen LogP) is 2.25. The number of benzene rings is 1. The van der Waals surface area contributed by atoms with E-state index >= 15 is 0 Å². The lowest BCUT2D eigenvalue weighted by molar-refractivity contribution is -0.123. The van der Waals surface area contributed by atoms with Crippen molar-refractivity contribution in [1.29, 1.82) is 0 Å². The number of anilines is 1. The molecule has 0 saturated heterocycles. The molecule has 1 aromatic heterocycles. The second-order valence-electron chi connectivity index (χ2n) is 5.06. The first-order chi connectivity index (χ1) is 11.6. The quantitative estimate of drug-likeness (QED) is 0.798. The van der Waals surface area contributed by atoms with Gasteiger partial charge >= 0.3 is 0 Å². The maximum Gasteiger partial charge on any atom is 0.246 e. The summed E-state index contributed by atoms with van der Waals surface area (Å²) in [4.78, 5) is 27.8. The first-order valence-corrected chi connectivity index (χ1v) is 7.42. The molecule has 0 unspecified atom stereocenters. The summed E-state index contributed by atoms with van der Waals surface area (Å²) in [5, 5.41) is 5.32. The Hall–Kier alpha value is -3.15. The normalized spacial score (nSPS) is 11.8. The maximum atomic E-state index is 12.0. The van der Waals surface area contributed by atoms with Gasteiger partial charge in [0.05, 0.1) is 7.11 Å². The van der Waals surface area contributed by atoms with Gasteiger partial charge in [-0.05, 0) is 42.8 Å². The van der Waals surface area contributed by atoms with Crippen molar-refractivity contribution < 1.29 is 14.3 Å². The summed E-state index contributed by atoms with van der Waals surface area (Å²) in [5.74, 6) is 0.105. The van der Waals surface area contributed by atoms with Crippen molar-refractivity contribution in [1.82, 2.24) is 10.3 Å². The molecule has 1 heterocycles. The van der Waals surface area contributed by atoms with Crippen LogP contribution in [-0.4, -0.2) is 29.9 Å². The van der Waals surface area contributed by atoms with Crippen LogP contribution in [0.3, 0.4) is 0 Å². The van der Waals surface area contributed by atoms with E-state index in [2.05, 4.69) is 15.6 Å². The second-order valence-corrected chi connectivity index (χ2v) is 5.06. The van der Waals surface area contributed by atoms with E-state index in [1.165, 1.54) is 6.08 Å². The molecule has 1 aromatic carbocycles. The van der Waals surface area contributed by atoms with Gasteiger partial charge in [0.15, 0.2) is 0 Å². The van der Waals surface area contributed by atoms with Crippen LogP contribution in [0.25, 0.3) is 6.08 Å². The van der Waals surface area contributed by atoms with Crippen LogP contribution in [0, 0.1) is 0 Å². The number of rotatable bonds is 6. The van der Waals surface area contributed by atoms with Gasteiger partial charge in [-0.3, -0.25) is 14.6 Å². The van der Waals surface area contributed by atoms with E-state index in [4.69, 9.17) is 4.74 Å². The molecule has 0 aliphatic rings. The van der Waals surface area contributed by atoms with Crippen LogP contribution in [0.2, 0.25) is 0 Å². The lowest BCUT2D eigenvalue weighted by Crippen LogP contribution is -2.40. The Morgan fingerprint density at radius 2 is 1.79 bits per heavy atom. The van der Waals surface area contributed by atoms with Crippen molar-refractivity contribution in [2.75, 3.05) is 12.4 Å². The molecule has 1 atom stereocenters. The fourth-order valence-electron chi connectivity index (χ4n) is 1.90. The zero-order valence-electron chi connectivity index (χ0n) is 13.5. The van der Waals surface area contributed by atoms with Crippen molar-refractivity contribution in [3.63, 3.8) is 0 Å². The third-order valence-corrected chi connectivity index (χ3v) is 3.24. The highest BCUT2D eigenvalue weighted by atomic mass is 16.5. The van der Waals surface area contributed by atoms with Crippen molar-refractivity contribution in [2.24, 2.45) is 0 Å². The summed E-state index contributed by atoms with van der Waals surface area (Å²) in [6.07, 6.45) is 6.22. The molecule has 6 nitrogen and oxygen atoms in total. The number of hydrogen-bond acceptors (Lipinski definition) is 4. The molecule has 0 radical (unpaired) electrons. The van der Waals surface area contributed by atoms with Gasteiger partial charge in [0.2, 0.25) is 11.8 Å². The van der Waals surface area contributed by atoms with Crippen molar-refractivity contribution in [2.45, 2.75) is 13.0 Å². The Balaban J connectivity index is 1.86. The van der Waals surface area contributed by atoms with Crippen molar-refractivity contribution in [3.05, 3.63) is 60.4 Å². The van der Waals surface area contributed by atoms with Gasteiger partial charge in [-0.1, -0.05) is 12.1 Å². The summed E-state index contributed by atoms with van der Waals surface area (Å²) in [7, 11) is 1.59. The van der Waals surface area contributed by atoms with Crippen LogP contribution in [0.15, 0.2) is 54.9 Å². The van der Waals surface area contributed by atoms with Crippen molar-refractivity contribution in [3.8, 4) is 5.75 Å². The number of hydrogen-bond donors (Lipinski definition) is 2. The molecule has 24 heavy (non-hydrogen) atoms. The third-order valence-electron chi connectivity index (χ3n) is 3.24. The zero-order valence-corrected chi connectivity index (χ0v) is 13.5. The average Bonchev–Trinajstić information content (AvgIpc) is 2.61. The topological polar surface area (TPSA) is 80.3 Å². The molecule has 2 aromatic rings. The average molecular weight is 325 g/mol. The Labute approximate surface area is 140 Å². The number of carbonyl (C=O) groups is 2. The van der Waals surface area contributed by atoms with E-state index in [9.17, 15) is 9.59 Å². The molecule has 0 spiro atoms. The molecule has 2 rings (SSSR count). The first kappa shape index (κ1) is 17.2. The van der Waals surface area contributed by atoms with Gasteiger partial charge in [-0.2, -0.15) is 0 Å². The third kappa shape index (κ3) is 5.24. The minimum Gasteiger partial charge on any atom is -0.497 e. The number of nitrogens with one attached hydrogen (secondary N) is 2. The lowest BCUT2D eigenvalue weighted by atomic mass is 10.2. The largest absolute Gasteiger partial charge is 0.497 e. The monoisotopic (exact) mass is 325 g/mol. The van der Waals surface area contributed by atoms with E-state index in [0.29, 0.717) is 5.69 Å². The number of carbonyl (C=O) groups excluding carboxylic acids is 2. The lowest BCUT2D eigenvalue weighted by Gasteiger charge is -2.12. The fraction of sp³-hybridized carbons (Fsp3) is 0.167. The summed E-state index contributed by atoms with van der Waals surface area (Å²) in [6, 6.07) is 9.98. The fourth-order valence-corrected chi connectivity index (χ4v) is 1.90. The van der Waals surface area contributed by atoms with Gasteiger partial charge in [0.25, 0.3) is 0 Å². The number of nitrogens with zero attached hydrogens (tertiary/aromatic N) is 1. The van der Waals surface area contributed by atoms with Gasteiger partial charge in [-0.25, -0.2) is 0 Å². The van der Waals surface area contributed by atoms with Crippen molar-refractivity contribution >= 4 is 23.6 Å². The molecule has 2 amide bonds. The highest BCUT2D eigenvalue weighted by molar-refractivity contribution is 5.99. The van der Waals surface area contributed by atoms with Gasteiger partial charge in [0, 0.05) is 24.2 Å². The van der Waals surface area contributed by atoms with Crippen LogP contribution in [0.1, 0.15) is 12.5 Å². The van der Waals surface area contributed by atoms with Crippen LogP contribution in [0.4, 0.5) is 5.69 Å². The number of pyridine rings is 1. The minimum absolute atomic E-state index is 0.299. The Morgan fingerprint density at radius 1 is 1.12 bits per heavy atom. The SMILES string of the molecule is COc1ccc(/C=C\C(=O)N[C@H](C)C(=O)Nc2ccncc2)cc1. The van der Waals surface area contributed by atoms with Gasteiger partial charge in [-0.15, -0.1) is 0 Å². The molecular formula is C18H19N3O3. The smallest absolute Gasteiger partial charge is 0.246 e. The van der Waals surface area contributed by atoms with Gasteiger partial charge < -0.3 is 15.4 Å². The first-order valence-electron chi connectivity index (χ1n) is 7.42. The molecular weight excluding hydrogens is 306 g/mol. The molecule has 0 aliphatic heterocycles. The van der Waals surface area contributed by atoms with E-state index in [1.54, 1.807) is 44.6 Å². The summed E-state index contributed by atoms with van der Waals surface area (Å²) in [6.45, 7) is 1.62. The van der Waals surface area contributed by atoms with E-state index in [1.807, 2.05) is 24.3 Å². The highest BCUT2D eigenvalue weighted by Crippen LogP contribution is 2.12. The second kappa shape index (κ2) is 8.47. The zero-order chi connectivity index (χ0) is 17.4. The molecule has 0 bridgehead atoms. The number of methoxy groups -OCH3 is 1. The standard InChI is InChI=1S/C18H19N3O3/c1-13(18(23)21-15-9-11-19-12-10-15)20-17(22)8-5-14-3-6-16(24-2)7-4-14/h3-13H,1-2H3,(H,20,22)(H,19,21,23)/b8-5-/t13-/m1/s1. The van der Waals surface area contributed by atoms with E-state index in [-0.39, 0.29) is 11.8 Å². The minimum atomic E-state index is -0.661. The maximum absolute atomic E-state index is 12.0. The molecule has 0 aliphatic carbocycles. The molecule has 0 saturated carbocycles. The molecule has 6 heteroatoms. The summed E-state index contributed by atoms with van der Waals surface area (Å²) < 4.78 is 5.07. The Morgan fingerprint density at radius 3 is 2.42 bits per heavy atom. The van der Waals surface area contributed by atoms with Crippen LogP contribution in [-0.2, 0) is 9.59 Å². The Kier molecular flexibility index (Phi) is 6.08. The predicted molar refractivity (Wildman–Crippen MR) is 92.5 cm³/mol. The van der Waals surface area contributed by atoms with E-state index in [0.717, 1.165) is 11.3 Å². The number of aromatic nitrogens is 1. The molecule has 2 N–H and O–H groups in total. The summed E-state index contributed by atoms with van der Waals surface area (Å²) >= 11 is 0. The van der Waals surface area contributed by atoms with Crippen LogP contribution >= 0.6 is 0 Å². The summed E-state index contributed by atoms with van der Waals surface area (Å²) in [5.41, 5.74) is 1.49. The highest BCUT2D eigenvalue weighted by Gasteiger charge is 2.14. The van der Waals surface area contributed by atoms with Gasteiger partial charge in [0.1, 0.15) is 11.8 Å². The number of amides is 2. The van der Waals surface area contributed by atoms with E-state index < -0.39 is 6.04 Å². The van der Waals surface area contributed by atoms with Crippen LogP contribution in [0.5, 0.6) is 5.75 Å². The molecule has 124 valence electrons. The Bertz CT molecular complexity index is 712. The van der Waals surface area contributed by atoms with Crippen LogP contribution < -0.4 is 15.4 Å².